The molecule has 0 bridgehead atoms. The van der Waals surface area contributed by atoms with E-state index in [-0.39, 0.29) is 0 Å². The van der Waals surface area contributed by atoms with Crippen LogP contribution >= 0.6 is 0 Å². The quantitative estimate of drug-likeness (QED) is 0.697. The Hall–Kier alpha value is -2.57. The molecule has 2 aromatic rings. The van der Waals surface area contributed by atoms with Crippen molar-refractivity contribution in [3.63, 3.8) is 0 Å². The van der Waals surface area contributed by atoms with Crippen LogP contribution in [0.2, 0.25) is 0 Å². The molecule has 4 aliphatic rings. The molecule has 0 aromatic heterocycles. The molecule has 2 fully saturated rings. The highest BCUT2D eigenvalue weighted by Crippen LogP contribution is 2.35. The Bertz CT molecular complexity index is 1040. The molecule has 1 aliphatic carbocycles. The zero-order valence-corrected chi connectivity index (χ0v) is 20.0. The summed E-state index contributed by atoms with van der Waals surface area (Å²) >= 11 is 0. The third kappa shape index (κ3) is 4.53. The normalized spacial score (nSPS) is 21.5. The summed E-state index contributed by atoms with van der Waals surface area (Å²) in [6.07, 6.45) is 6.42. The van der Waals surface area contributed by atoms with Gasteiger partial charge in [-0.2, -0.15) is 0 Å². The van der Waals surface area contributed by atoms with Crippen LogP contribution in [0.25, 0.3) is 11.1 Å². The van der Waals surface area contributed by atoms with Crippen LogP contribution < -0.4 is 9.47 Å². The minimum atomic E-state index is 0.294. The first-order valence-corrected chi connectivity index (χ1v) is 13.0. The maximum atomic E-state index is 13.0. The minimum Gasteiger partial charge on any atom is -0.486 e. The van der Waals surface area contributed by atoms with E-state index in [1.54, 1.807) is 0 Å². The van der Waals surface area contributed by atoms with Crippen LogP contribution in [0.4, 0.5) is 0 Å². The van der Waals surface area contributed by atoms with E-state index < -0.39 is 0 Å². The average Bonchev–Trinajstić information content (AvgIpc) is 3.43. The van der Waals surface area contributed by atoms with Gasteiger partial charge in [-0.05, 0) is 53.6 Å². The first kappa shape index (κ1) is 21.9. The largest absolute Gasteiger partial charge is 0.486 e. The van der Waals surface area contributed by atoms with Crippen LogP contribution in [0, 0.1) is 0 Å². The van der Waals surface area contributed by atoms with Crippen LogP contribution in [0.5, 0.6) is 11.5 Å². The zero-order chi connectivity index (χ0) is 22.9. The first-order valence-electron chi connectivity index (χ1n) is 13.0. The fraction of sp³-hybridized carbons (Fsp3) is 0.536. The number of rotatable bonds is 4. The van der Waals surface area contributed by atoms with Gasteiger partial charge in [0, 0.05) is 45.3 Å². The summed E-state index contributed by atoms with van der Waals surface area (Å²) in [4.78, 5) is 20.0. The molecule has 0 atom stereocenters. The molecule has 3 heterocycles. The van der Waals surface area contributed by atoms with Crippen LogP contribution in [0.3, 0.4) is 0 Å². The molecule has 180 valence electrons. The highest BCUT2D eigenvalue weighted by Gasteiger charge is 2.29. The minimum absolute atomic E-state index is 0.294. The summed E-state index contributed by atoms with van der Waals surface area (Å²) in [5.74, 6) is 1.95. The molecule has 6 rings (SSSR count). The summed E-state index contributed by atoms with van der Waals surface area (Å²) in [5.41, 5.74) is 5.09. The fourth-order valence-corrected chi connectivity index (χ4v) is 6.05. The summed E-state index contributed by atoms with van der Waals surface area (Å²) in [5, 5.41) is 0. The van der Waals surface area contributed by atoms with Gasteiger partial charge in [-0.3, -0.25) is 14.6 Å². The Labute approximate surface area is 202 Å². The number of piperazine rings is 1. The van der Waals surface area contributed by atoms with Gasteiger partial charge in [-0.1, -0.05) is 37.1 Å². The molecule has 0 unspecified atom stereocenters. The van der Waals surface area contributed by atoms with Crippen molar-refractivity contribution in [3.05, 3.63) is 47.5 Å². The average molecular weight is 462 g/mol. The smallest absolute Gasteiger partial charge is 0.236 e. The number of nitrogens with zero attached hydrogens (tertiary/aromatic N) is 3. The molecule has 1 amide bonds. The lowest BCUT2D eigenvalue weighted by Gasteiger charge is -2.39. The van der Waals surface area contributed by atoms with Gasteiger partial charge in [-0.15, -0.1) is 0 Å². The molecule has 34 heavy (non-hydrogen) atoms. The van der Waals surface area contributed by atoms with Crippen molar-refractivity contribution < 1.29 is 14.3 Å². The number of ether oxygens (including phenoxy) is 2. The SMILES string of the molecule is O=C(CN1CCc2cc(-c3ccc4c(c3)OCCO4)ccc2C1)N1CCN(C2CCCC2)CC1. The molecule has 2 aromatic carbocycles. The van der Waals surface area contributed by atoms with E-state index >= 15 is 0 Å². The molecule has 6 heteroatoms. The fourth-order valence-electron chi connectivity index (χ4n) is 6.05. The van der Waals surface area contributed by atoms with Gasteiger partial charge in [0.15, 0.2) is 11.5 Å². The van der Waals surface area contributed by atoms with Crippen molar-refractivity contribution in [2.45, 2.75) is 44.7 Å². The molecule has 1 saturated carbocycles. The highest BCUT2D eigenvalue weighted by atomic mass is 16.6. The number of carbonyl (C=O) groups is 1. The molecule has 1 saturated heterocycles. The summed E-state index contributed by atoms with van der Waals surface area (Å²) in [6, 6.07) is 13.7. The zero-order valence-electron chi connectivity index (χ0n) is 20.0. The van der Waals surface area contributed by atoms with Crippen molar-refractivity contribution in [3.8, 4) is 22.6 Å². The van der Waals surface area contributed by atoms with E-state index in [4.69, 9.17) is 9.47 Å². The van der Waals surface area contributed by atoms with Crippen LogP contribution in [0.15, 0.2) is 36.4 Å². The monoisotopic (exact) mass is 461 g/mol. The summed E-state index contributed by atoms with van der Waals surface area (Å²) in [6.45, 7) is 7.40. The van der Waals surface area contributed by atoms with E-state index in [1.165, 1.54) is 42.4 Å². The second-order valence-electron chi connectivity index (χ2n) is 10.2. The van der Waals surface area contributed by atoms with E-state index in [0.717, 1.165) is 68.8 Å². The third-order valence-electron chi connectivity index (χ3n) is 8.04. The topological polar surface area (TPSA) is 45.3 Å². The van der Waals surface area contributed by atoms with Crippen LogP contribution in [-0.4, -0.2) is 79.1 Å². The van der Waals surface area contributed by atoms with E-state index in [9.17, 15) is 4.79 Å². The molecule has 3 aliphatic heterocycles. The second-order valence-corrected chi connectivity index (χ2v) is 10.2. The summed E-state index contributed by atoms with van der Waals surface area (Å²) < 4.78 is 11.4. The maximum Gasteiger partial charge on any atom is 0.236 e. The molecular formula is C28H35N3O3. The summed E-state index contributed by atoms with van der Waals surface area (Å²) in [7, 11) is 0. The maximum absolute atomic E-state index is 13.0. The van der Waals surface area contributed by atoms with Crippen molar-refractivity contribution in [2.24, 2.45) is 0 Å². The predicted molar refractivity (Wildman–Crippen MR) is 132 cm³/mol. The number of amides is 1. The standard InChI is InChI=1S/C28H35N3O3/c32-28(31-13-11-30(12-14-31)25-3-1-2-4-25)20-29-10-9-23-17-21(5-6-24(23)19-29)22-7-8-26-27(18-22)34-16-15-33-26/h5-8,17-18,25H,1-4,9-16,19-20H2. The number of carbonyl (C=O) groups excluding carboxylic acids is 1. The highest BCUT2D eigenvalue weighted by molar-refractivity contribution is 5.78. The van der Waals surface area contributed by atoms with E-state index in [1.807, 2.05) is 6.07 Å². The molecule has 0 N–H and O–H groups in total. The number of hydrogen-bond donors (Lipinski definition) is 0. The van der Waals surface area contributed by atoms with Gasteiger partial charge in [0.2, 0.25) is 5.91 Å². The van der Waals surface area contributed by atoms with Crippen molar-refractivity contribution in [2.75, 3.05) is 52.5 Å². The number of hydrogen-bond acceptors (Lipinski definition) is 5. The van der Waals surface area contributed by atoms with Gasteiger partial charge in [0.25, 0.3) is 0 Å². The molecular weight excluding hydrogens is 426 g/mol. The second kappa shape index (κ2) is 9.59. The Balaban J connectivity index is 1.05. The van der Waals surface area contributed by atoms with Gasteiger partial charge in [-0.25, -0.2) is 0 Å². The van der Waals surface area contributed by atoms with Crippen LogP contribution in [-0.2, 0) is 17.8 Å². The number of benzene rings is 2. The van der Waals surface area contributed by atoms with Crippen molar-refractivity contribution in [1.82, 2.24) is 14.7 Å². The van der Waals surface area contributed by atoms with Crippen molar-refractivity contribution in [1.29, 1.82) is 0 Å². The Morgan fingerprint density at radius 1 is 0.824 bits per heavy atom. The Morgan fingerprint density at radius 3 is 2.38 bits per heavy atom. The lowest BCUT2D eigenvalue weighted by molar-refractivity contribution is -0.134. The van der Waals surface area contributed by atoms with Gasteiger partial charge >= 0.3 is 0 Å². The van der Waals surface area contributed by atoms with E-state index in [2.05, 4.69) is 45.0 Å². The molecule has 0 spiro atoms. The van der Waals surface area contributed by atoms with Crippen molar-refractivity contribution >= 4 is 5.91 Å². The first-order chi connectivity index (χ1) is 16.7. The molecule has 6 nitrogen and oxygen atoms in total. The Kier molecular flexibility index (Phi) is 6.18. The van der Waals surface area contributed by atoms with Gasteiger partial charge in [0.1, 0.15) is 13.2 Å². The lowest BCUT2D eigenvalue weighted by Crippen LogP contribution is -2.53. The van der Waals surface area contributed by atoms with E-state index in [0.29, 0.717) is 25.7 Å². The van der Waals surface area contributed by atoms with Crippen LogP contribution in [0.1, 0.15) is 36.8 Å². The van der Waals surface area contributed by atoms with Gasteiger partial charge < -0.3 is 14.4 Å². The Morgan fingerprint density at radius 2 is 1.56 bits per heavy atom. The number of fused-ring (bicyclic) bond motifs is 2. The third-order valence-corrected chi connectivity index (χ3v) is 8.04. The lowest BCUT2D eigenvalue weighted by atomic mass is 9.94. The molecule has 0 radical (unpaired) electrons. The van der Waals surface area contributed by atoms with Gasteiger partial charge in [0.05, 0.1) is 6.54 Å². The predicted octanol–water partition coefficient (Wildman–Crippen LogP) is 3.57.